The van der Waals surface area contributed by atoms with Crippen LogP contribution in [0.1, 0.15) is 44.9 Å². The summed E-state index contributed by atoms with van der Waals surface area (Å²) in [6, 6.07) is 0. The van der Waals surface area contributed by atoms with Gasteiger partial charge in [0.15, 0.2) is 0 Å². The third kappa shape index (κ3) is 1.22. The molecule has 2 rings (SSSR count). The van der Waals surface area contributed by atoms with E-state index in [0.29, 0.717) is 25.7 Å². The minimum Gasteiger partial charge on any atom is -0.390 e. The summed E-state index contributed by atoms with van der Waals surface area (Å²) in [7, 11) is 0. The molecule has 0 aromatic heterocycles. The van der Waals surface area contributed by atoms with Gasteiger partial charge in [0, 0.05) is 0 Å². The molecule has 2 aliphatic rings. The van der Waals surface area contributed by atoms with Crippen molar-refractivity contribution in [3.05, 3.63) is 0 Å². The Bertz CT molecular complexity index is 202. The highest BCUT2D eigenvalue weighted by atomic mass is 16.4. The van der Waals surface area contributed by atoms with E-state index in [1.54, 1.807) is 0 Å². The summed E-state index contributed by atoms with van der Waals surface area (Å²) in [6.07, 6.45) is 4.41. The van der Waals surface area contributed by atoms with Gasteiger partial charge in [0.2, 0.25) is 0 Å². The van der Waals surface area contributed by atoms with Gasteiger partial charge in [0.25, 0.3) is 0 Å². The van der Waals surface area contributed by atoms with E-state index in [4.69, 9.17) is 0 Å². The Morgan fingerprint density at radius 2 is 1.54 bits per heavy atom. The third-order valence-electron chi connectivity index (χ3n) is 3.82. The van der Waals surface area contributed by atoms with E-state index < -0.39 is 17.3 Å². The first-order valence-electron chi connectivity index (χ1n) is 5.21. The van der Waals surface area contributed by atoms with E-state index in [0.717, 1.165) is 19.3 Å². The second-order valence-electron chi connectivity index (χ2n) is 4.57. The van der Waals surface area contributed by atoms with Crippen molar-refractivity contribution in [2.75, 3.05) is 0 Å². The van der Waals surface area contributed by atoms with Gasteiger partial charge in [-0.15, -0.1) is 0 Å². The molecular weight excluding hydrogens is 168 g/mol. The van der Waals surface area contributed by atoms with Crippen molar-refractivity contribution in [2.24, 2.45) is 0 Å². The lowest BCUT2D eigenvalue weighted by Crippen LogP contribution is -2.64. The number of aliphatic hydroxyl groups excluding tert-OH is 1. The predicted octanol–water partition coefficient (Wildman–Crippen LogP) is 0.567. The molecule has 0 aromatic rings. The third-order valence-corrected chi connectivity index (χ3v) is 3.82. The monoisotopic (exact) mass is 186 g/mol. The van der Waals surface area contributed by atoms with Crippen molar-refractivity contribution in [2.45, 2.75) is 62.3 Å². The van der Waals surface area contributed by atoms with Crippen LogP contribution in [0.3, 0.4) is 0 Å². The molecule has 0 amide bonds. The number of hydrogen-bond acceptors (Lipinski definition) is 3. The first-order chi connectivity index (χ1) is 6.08. The highest BCUT2D eigenvalue weighted by molar-refractivity contribution is 5.08. The summed E-state index contributed by atoms with van der Waals surface area (Å²) in [6.45, 7) is 0. The fraction of sp³-hybridized carbons (Fsp3) is 1.00. The lowest BCUT2D eigenvalue weighted by molar-refractivity contribution is -0.240. The Balaban J connectivity index is 2.27. The molecule has 0 unspecified atom stereocenters. The Kier molecular flexibility index (Phi) is 2.13. The molecule has 0 aromatic carbocycles. The first kappa shape index (κ1) is 9.44. The maximum absolute atomic E-state index is 10.2. The highest BCUT2D eigenvalue weighted by Crippen LogP contribution is 2.46. The molecule has 2 aliphatic carbocycles. The highest BCUT2D eigenvalue weighted by Gasteiger charge is 2.56. The first-order valence-corrected chi connectivity index (χ1v) is 5.21. The molecule has 0 radical (unpaired) electrons. The molecule has 76 valence electrons. The summed E-state index contributed by atoms with van der Waals surface area (Å²) >= 11 is 0. The van der Waals surface area contributed by atoms with Gasteiger partial charge in [-0.3, -0.25) is 0 Å². The molecule has 3 heteroatoms. The molecule has 0 saturated heterocycles. The molecule has 0 bridgehead atoms. The van der Waals surface area contributed by atoms with Gasteiger partial charge >= 0.3 is 0 Å². The summed E-state index contributed by atoms with van der Waals surface area (Å²) in [5.74, 6) is 0. The number of fused-ring (bicyclic) bond motifs is 1. The predicted molar refractivity (Wildman–Crippen MR) is 48.2 cm³/mol. The van der Waals surface area contributed by atoms with Gasteiger partial charge in [-0.25, -0.2) is 0 Å². The molecule has 3 atom stereocenters. The number of aliphatic hydroxyl groups is 3. The van der Waals surface area contributed by atoms with Crippen LogP contribution in [0.15, 0.2) is 0 Å². The number of hydrogen-bond donors (Lipinski definition) is 3. The van der Waals surface area contributed by atoms with E-state index in [2.05, 4.69) is 0 Å². The zero-order valence-corrected chi connectivity index (χ0v) is 7.87. The Morgan fingerprint density at radius 3 is 2.23 bits per heavy atom. The Labute approximate surface area is 78.4 Å². The minimum absolute atomic E-state index is 0.546. The largest absolute Gasteiger partial charge is 0.390 e. The van der Waals surface area contributed by atoms with Gasteiger partial charge in [-0.1, -0.05) is 12.8 Å². The normalized spacial score (nSPS) is 51.5. The van der Waals surface area contributed by atoms with Gasteiger partial charge in [0.05, 0.1) is 11.7 Å². The lowest BCUT2D eigenvalue weighted by atomic mass is 9.62. The van der Waals surface area contributed by atoms with Crippen LogP contribution in [0.25, 0.3) is 0 Å². The smallest absolute Gasteiger partial charge is 0.119 e. The molecule has 3 N–H and O–H groups in total. The van der Waals surface area contributed by atoms with Crippen LogP contribution in [0, 0.1) is 0 Å². The second-order valence-corrected chi connectivity index (χ2v) is 4.57. The Morgan fingerprint density at radius 1 is 0.923 bits per heavy atom. The zero-order valence-electron chi connectivity index (χ0n) is 7.87. The van der Waals surface area contributed by atoms with Crippen LogP contribution >= 0.6 is 0 Å². The van der Waals surface area contributed by atoms with Crippen molar-refractivity contribution in [1.82, 2.24) is 0 Å². The van der Waals surface area contributed by atoms with Gasteiger partial charge in [-0.2, -0.15) is 0 Å². The topological polar surface area (TPSA) is 60.7 Å². The molecule has 0 aliphatic heterocycles. The average molecular weight is 186 g/mol. The fourth-order valence-corrected chi connectivity index (χ4v) is 2.91. The van der Waals surface area contributed by atoms with Crippen molar-refractivity contribution < 1.29 is 15.3 Å². The van der Waals surface area contributed by atoms with Gasteiger partial charge in [0.1, 0.15) is 5.60 Å². The maximum Gasteiger partial charge on any atom is 0.119 e. The van der Waals surface area contributed by atoms with Crippen molar-refractivity contribution in [1.29, 1.82) is 0 Å². The Hall–Kier alpha value is -0.120. The average Bonchev–Trinajstić information content (AvgIpc) is 2.09. The van der Waals surface area contributed by atoms with Crippen LogP contribution in [-0.4, -0.2) is 32.6 Å². The van der Waals surface area contributed by atoms with Gasteiger partial charge in [-0.05, 0) is 32.1 Å². The van der Waals surface area contributed by atoms with Crippen molar-refractivity contribution in [3.63, 3.8) is 0 Å². The van der Waals surface area contributed by atoms with Crippen LogP contribution in [0.2, 0.25) is 0 Å². The van der Waals surface area contributed by atoms with Crippen LogP contribution in [-0.2, 0) is 0 Å². The van der Waals surface area contributed by atoms with E-state index in [1.807, 2.05) is 0 Å². The van der Waals surface area contributed by atoms with E-state index in [9.17, 15) is 15.3 Å². The molecule has 2 fully saturated rings. The minimum atomic E-state index is -1.22. The standard InChI is InChI=1S/C10H18O3/c11-8-4-3-6-9(12)5-1-2-7-10(8,9)13/h8,11-13H,1-7H2/t8-,9-,10-/m1/s1. The summed E-state index contributed by atoms with van der Waals surface area (Å²) in [4.78, 5) is 0. The quantitative estimate of drug-likeness (QED) is 0.518. The van der Waals surface area contributed by atoms with E-state index in [1.165, 1.54) is 0 Å². The van der Waals surface area contributed by atoms with E-state index >= 15 is 0 Å². The summed E-state index contributed by atoms with van der Waals surface area (Å²) < 4.78 is 0. The second kappa shape index (κ2) is 2.94. The fourth-order valence-electron chi connectivity index (χ4n) is 2.91. The summed E-state index contributed by atoms with van der Waals surface area (Å²) in [5.41, 5.74) is -2.23. The van der Waals surface area contributed by atoms with Crippen LogP contribution in [0.4, 0.5) is 0 Å². The van der Waals surface area contributed by atoms with E-state index in [-0.39, 0.29) is 0 Å². The lowest BCUT2D eigenvalue weighted by Gasteiger charge is -2.52. The zero-order chi connectivity index (χ0) is 9.53. The molecule has 2 saturated carbocycles. The van der Waals surface area contributed by atoms with Gasteiger partial charge < -0.3 is 15.3 Å². The maximum atomic E-state index is 10.2. The van der Waals surface area contributed by atoms with Crippen molar-refractivity contribution in [3.8, 4) is 0 Å². The summed E-state index contributed by atoms with van der Waals surface area (Å²) in [5, 5.41) is 30.1. The molecule has 3 nitrogen and oxygen atoms in total. The van der Waals surface area contributed by atoms with Crippen molar-refractivity contribution >= 4 is 0 Å². The molecular formula is C10H18O3. The molecule has 0 heterocycles. The number of rotatable bonds is 0. The molecule has 0 spiro atoms. The SMILES string of the molecule is O[C@@H]1CCC[C@]2(O)CCCC[C@@]12O. The molecule has 13 heavy (non-hydrogen) atoms. The van der Waals surface area contributed by atoms with Crippen LogP contribution < -0.4 is 0 Å². The van der Waals surface area contributed by atoms with Crippen LogP contribution in [0.5, 0.6) is 0 Å².